The molecule has 0 spiro atoms. The fourth-order valence-electron chi connectivity index (χ4n) is 3.15. The number of likely N-dealkylation sites (tertiary alicyclic amines) is 1. The van der Waals surface area contributed by atoms with E-state index >= 15 is 0 Å². The van der Waals surface area contributed by atoms with Crippen LogP contribution in [0.1, 0.15) is 16.4 Å². The maximum atomic E-state index is 12.1. The zero-order valence-electron chi connectivity index (χ0n) is 13.6. The minimum absolute atomic E-state index is 0.131. The molecule has 0 bridgehead atoms. The first kappa shape index (κ1) is 16.0. The summed E-state index contributed by atoms with van der Waals surface area (Å²) in [5.41, 5.74) is 2.01. The van der Waals surface area contributed by atoms with E-state index in [1.54, 1.807) is 0 Å². The van der Waals surface area contributed by atoms with Gasteiger partial charge in [-0.2, -0.15) is 0 Å². The Morgan fingerprint density at radius 1 is 1.26 bits per heavy atom. The molecule has 2 atom stereocenters. The van der Waals surface area contributed by atoms with Crippen LogP contribution in [-0.2, 0) is 0 Å². The molecule has 1 aliphatic heterocycles. The summed E-state index contributed by atoms with van der Waals surface area (Å²) in [7, 11) is 2.15. The van der Waals surface area contributed by atoms with Crippen LogP contribution < -0.4 is 10.6 Å². The number of aryl methyl sites for hydroxylation is 1. The molecular weight excluding hydrogens is 306 g/mol. The van der Waals surface area contributed by atoms with Gasteiger partial charge in [0.2, 0.25) is 0 Å². The van der Waals surface area contributed by atoms with Crippen molar-refractivity contribution < 1.29 is 4.79 Å². The standard InChI is InChI=1S/C18H23N3OS/c1-13-5-7-15(8-6-13)20-18(22)19-10-14-11-21(2)12-16(14)17-4-3-9-23-17/h3-9,14,16H,10-12H2,1-2H3,(H2,19,20,22)/t14-,16+/m1/s1. The number of carbonyl (C=O) groups is 1. The number of thiophene rings is 1. The van der Waals surface area contributed by atoms with Gasteiger partial charge in [0.25, 0.3) is 0 Å². The molecule has 0 unspecified atom stereocenters. The first-order valence-electron chi connectivity index (χ1n) is 7.95. The number of carbonyl (C=O) groups excluding carboxylic acids is 1. The van der Waals surface area contributed by atoms with E-state index in [2.05, 4.69) is 40.1 Å². The molecule has 122 valence electrons. The third kappa shape index (κ3) is 4.12. The Bertz CT molecular complexity index is 639. The van der Waals surface area contributed by atoms with Crippen molar-refractivity contribution in [2.24, 2.45) is 5.92 Å². The number of nitrogens with zero attached hydrogens (tertiary/aromatic N) is 1. The molecule has 23 heavy (non-hydrogen) atoms. The number of rotatable bonds is 4. The largest absolute Gasteiger partial charge is 0.338 e. The summed E-state index contributed by atoms with van der Waals surface area (Å²) in [6, 6.07) is 12.0. The van der Waals surface area contributed by atoms with Gasteiger partial charge in [-0.3, -0.25) is 0 Å². The number of nitrogens with one attached hydrogen (secondary N) is 2. The molecule has 0 radical (unpaired) electrons. The summed E-state index contributed by atoms with van der Waals surface area (Å²) in [6.07, 6.45) is 0. The van der Waals surface area contributed by atoms with Crippen molar-refractivity contribution in [1.82, 2.24) is 10.2 Å². The van der Waals surface area contributed by atoms with Crippen molar-refractivity contribution in [1.29, 1.82) is 0 Å². The molecule has 1 aliphatic rings. The van der Waals surface area contributed by atoms with Crippen LogP contribution in [0.25, 0.3) is 0 Å². The Hall–Kier alpha value is -1.85. The Morgan fingerprint density at radius 3 is 2.74 bits per heavy atom. The summed E-state index contributed by atoms with van der Waals surface area (Å²) in [4.78, 5) is 15.9. The van der Waals surface area contributed by atoms with Gasteiger partial charge in [0.1, 0.15) is 0 Å². The first-order valence-corrected chi connectivity index (χ1v) is 8.83. The highest BCUT2D eigenvalue weighted by atomic mass is 32.1. The number of anilines is 1. The highest BCUT2D eigenvalue weighted by Gasteiger charge is 2.32. The van der Waals surface area contributed by atoms with Crippen molar-refractivity contribution in [3.8, 4) is 0 Å². The molecule has 1 aromatic carbocycles. The Kier molecular flexibility index (Phi) is 4.98. The van der Waals surface area contributed by atoms with Gasteiger partial charge < -0.3 is 15.5 Å². The van der Waals surface area contributed by atoms with Crippen LogP contribution in [0, 0.1) is 12.8 Å². The molecule has 1 saturated heterocycles. The van der Waals surface area contributed by atoms with Crippen LogP contribution in [0.3, 0.4) is 0 Å². The number of likely N-dealkylation sites (N-methyl/N-ethyl adjacent to an activating group) is 1. The Labute approximate surface area is 141 Å². The molecule has 1 fully saturated rings. The molecule has 2 aromatic rings. The molecule has 0 saturated carbocycles. The van der Waals surface area contributed by atoms with Gasteiger partial charge in [-0.05, 0) is 43.5 Å². The van der Waals surface area contributed by atoms with Crippen molar-refractivity contribution in [2.45, 2.75) is 12.8 Å². The zero-order valence-corrected chi connectivity index (χ0v) is 14.4. The second-order valence-corrected chi connectivity index (χ2v) is 7.28. The summed E-state index contributed by atoms with van der Waals surface area (Å²) in [5.74, 6) is 0.974. The maximum absolute atomic E-state index is 12.1. The second kappa shape index (κ2) is 7.15. The number of urea groups is 1. The topological polar surface area (TPSA) is 44.4 Å². The van der Waals surface area contributed by atoms with E-state index in [1.807, 2.05) is 42.5 Å². The number of benzene rings is 1. The highest BCUT2D eigenvalue weighted by Crippen LogP contribution is 2.34. The van der Waals surface area contributed by atoms with E-state index < -0.39 is 0 Å². The Balaban J connectivity index is 1.54. The molecule has 2 N–H and O–H groups in total. The van der Waals surface area contributed by atoms with Crippen LogP contribution >= 0.6 is 11.3 Å². The average Bonchev–Trinajstić information content (AvgIpc) is 3.16. The van der Waals surface area contributed by atoms with E-state index in [0.717, 1.165) is 18.8 Å². The van der Waals surface area contributed by atoms with Crippen molar-refractivity contribution in [2.75, 3.05) is 32.0 Å². The lowest BCUT2D eigenvalue weighted by atomic mass is 9.94. The lowest BCUT2D eigenvalue weighted by Gasteiger charge is -2.18. The minimum atomic E-state index is -0.131. The Morgan fingerprint density at radius 2 is 2.04 bits per heavy atom. The van der Waals surface area contributed by atoms with Crippen molar-refractivity contribution >= 4 is 23.1 Å². The molecule has 3 rings (SSSR count). The predicted octanol–water partition coefficient (Wildman–Crippen LogP) is 3.52. The molecule has 2 amide bonds. The summed E-state index contributed by atoms with van der Waals surface area (Å²) in [6.45, 7) is 4.82. The smallest absolute Gasteiger partial charge is 0.319 e. The van der Waals surface area contributed by atoms with E-state index in [0.29, 0.717) is 18.4 Å². The molecule has 0 aliphatic carbocycles. The number of hydrogen-bond donors (Lipinski definition) is 2. The van der Waals surface area contributed by atoms with Crippen LogP contribution in [-0.4, -0.2) is 37.6 Å². The quantitative estimate of drug-likeness (QED) is 0.901. The van der Waals surface area contributed by atoms with Crippen molar-refractivity contribution in [3.05, 3.63) is 52.2 Å². The molecule has 5 heteroatoms. The third-order valence-electron chi connectivity index (χ3n) is 4.37. The van der Waals surface area contributed by atoms with Gasteiger partial charge >= 0.3 is 6.03 Å². The fourth-order valence-corrected chi connectivity index (χ4v) is 4.07. The monoisotopic (exact) mass is 329 g/mol. The minimum Gasteiger partial charge on any atom is -0.338 e. The van der Waals surface area contributed by atoms with Gasteiger partial charge in [-0.15, -0.1) is 11.3 Å². The van der Waals surface area contributed by atoms with E-state index in [-0.39, 0.29) is 6.03 Å². The summed E-state index contributed by atoms with van der Waals surface area (Å²) < 4.78 is 0. The van der Waals surface area contributed by atoms with Gasteiger partial charge in [0.05, 0.1) is 0 Å². The summed E-state index contributed by atoms with van der Waals surface area (Å²) >= 11 is 1.81. The number of amides is 2. The van der Waals surface area contributed by atoms with Gasteiger partial charge in [-0.25, -0.2) is 4.79 Å². The average molecular weight is 329 g/mol. The van der Waals surface area contributed by atoms with E-state index in [1.165, 1.54) is 10.4 Å². The van der Waals surface area contributed by atoms with E-state index in [9.17, 15) is 4.79 Å². The maximum Gasteiger partial charge on any atom is 0.319 e. The van der Waals surface area contributed by atoms with Crippen LogP contribution in [0.5, 0.6) is 0 Å². The lowest BCUT2D eigenvalue weighted by Crippen LogP contribution is -2.35. The zero-order chi connectivity index (χ0) is 16.2. The highest BCUT2D eigenvalue weighted by molar-refractivity contribution is 7.10. The van der Waals surface area contributed by atoms with Crippen LogP contribution in [0.2, 0.25) is 0 Å². The fraction of sp³-hybridized carbons (Fsp3) is 0.389. The van der Waals surface area contributed by atoms with Crippen LogP contribution in [0.15, 0.2) is 41.8 Å². The normalized spacial score (nSPS) is 21.3. The van der Waals surface area contributed by atoms with Gasteiger partial charge in [0.15, 0.2) is 0 Å². The second-order valence-electron chi connectivity index (χ2n) is 6.30. The van der Waals surface area contributed by atoms with Gasteiger partial charge in [-0.1, -0.05) is 23.8 Å². The third-order valence-corrected chi connectivity index (χ3v) is 5.37. The predicted molar refractivity (Wildman–Crippen MR) is 96.2 cm³/mol. The molecule has 2 heterocycles. The lowest BCUT2D eigenvalue weighted by molar-refractivity contribution is 0.249. The van der Waals surface area contributed by atoms with Gasteiger partial charge in [0, 0.05) is 36.1 Å². The summed E-state index contributed by atoms with van der Waals surface area (Å²) in [5, 5.41) is 8.05. The first-order chi connectivity index (χ1) is 11.1. The van der Waals surface area contributed by atoms with E-state index in [4.69, 9.17) is 0 Å². The van der Waals surface area contributed by atoms with Crippen LogP contribution in [0.4, 0.5) is 10.5 Å². The SMILES string of the molecule is Cc1ccc(NC(=O)NC[C@@H]2CN(C)C[C@@H]2c2cccs2)cc1. The molecule has 4 nitrogen and oxygen atoms in total. The molecule has 1 aromatic heterocycles. The number of hydrogen-bond acceptors (Lipinski definition) is 3. The van der Waals surface area contributed by atoms with Crippen molar-refractivity contribution in [3.63, 3.8) is 0 Å². The molecular formula is C18H23N3OS.